The topological polar surface area (TPSA) is 236 Å². The van der Waals surface area contributed by atoms with Crippen molar-refractivity contribution in [1.29, 1.82) is 0 Å². The van der Waals surface area contributed by atoms with Crippen molar-refractivity contribution in [2.75, 3.05) is 71.1 Å². The van der Waals surface area contributed by atoms with Gasteiger partial charge in [-0.25, -0.2) is 21.2 Å². The molecule has 0 aliphatic rings. The molecule has 113 heavy (non-hydrogen) atoms. The quantitative estimate of drug-likeness (QED) is 0.0441. The SMILES string of the molecule is COC(=O)Cc1c(C)n(C)c2cc(C(F)(F)F)c(OC)cc12.COC(=O)Cc1c(C)n(C)c2cc(F)c(OC)cc12.COC(=O)Cc1c(C)n(C)c2ccc(OC)c(C(F)(F)F)c12.COC(=O)Cc1c(C)n(C)c2ccc(OC)c(F)c12.COC(=O)Cc1c(C)n(S(=O)(=O)Cc2ccccc2)c2cc(C(F)(F)F)c(OC)cc12. The van der Waals surface area contributed by atoms with Crippen LogP contribution in [0, 0.1) is 46.3 Å². The molecule has 22 nitrogen and oxygen atoms in total. The van der Waals surface area contributed by atoms with Crippen LogP contribution < -0.4 is 23.7 Å². The number of fused-ring (bicyclic) bond motifs is 5. The van der Waals surface area contributed by atoms with Crippen LogP contribution >= 0.6 is 0 Å². The van der Waals surface area contributed by atoms with Crippen molar-refractivity contribution in [3.05, 3.63) is 181 Å². The molecule has 34 heteroatoms. The summed E-state index contributed by atoms with van der Waals surface area (Å²) in [4.78, 5) is 57.9. The predicted octanol–water partition coefficient (Wildman–Crippen LogP) is 15.2. The molecule has 610 valence electrons. The summed E-state index contributed by atoms with van der Waals surface area (Å²) in [5.41, 5.74) is 5.57. The van der Waals surface area contributed by atoms with Gasteiger partial charge in [0.1, 0.15) is 22.8 Å². The minimum Gasteiger partial charge on any atom is -0.496 e. The maximum absolute atomic E-state index is 14.4. The van der Waals surface area contributed by atoms with Gasteiger partial charge in [0.25, 0.3) is 0 Å². The lowest BCUT2D eigenvalue weighted by Crippen LogP contribution is -2.17. The summed E-state index contributed by atoms with van der Waals surface area (Å²) >= 11 is 0. The van der Waals surface area contributed by atoms with Crippen molar-refractivity contribution in [2.24, 2.45) is 28.2 Å². The fourth-order valence-electron chi connectivity index (χ4n) is 13.1. The van der Waals surface area contributed by atoms with E-state index >= 15 is 0 Å². The van der Waals surface area contributed by atoms with E-state index in [1.807, 2.05) is 37.1 Å². The minimum atomic E-state index is -4.77. The van der Waals surface area contributed by atoms with Crippen molar-refractivity contribution in [3.63, 3.8) is 0 Å². The van der Waals surface area contributed by atoms with Gasteiger partial charge in [-0.15, -0.1) is 0 Å². The molecule has 0 atom stereocenters. The lowest BCUT2D eigenvalue weighted by atomic mass is 10.0. The second-order valence-electron chi connectivity index (χ2n) is 25.5. The average molecular weight is 1620 g/mol. The van der Waals surface area contributed by atoms with Crippen molar-refractivity contribution in [2.45, 2.75) is 91.0 Å². The molecule has 0 radical (unpaired) electrons. The molecule has 0 spiro atoms. The molecule has 0 saturated carbocycles. The first-order valence-corrected chi connectivity index (χ1v) is 35.5. The van der Waals surface area contributed by atoms with Gasteiger partial charge < -0.3 is 65.6 Å². The number of hydrogen-bond donors (Lipinski definition) is 0. The number of aryl methyl sites for hydroxylation is 4. The van der Waals surface area contributed by atoms with Crippen LogP contribution in [0.15, 0.2) is 91.0 Å². The van der Waals surface area contributed by atoms with Crippen LogP contribution in [0.25, 0.3) is 54.5 Å². The highest BCUT2D eigenvalue weighted by Crippen LogP contribution is 2.46. The molecule has 0 N–H and O–H groups in total. The largest absolute Gasteiger partial charge is 0.496 e. The fraction of sp³-hybridized carbons (Fsp3) is 0.354. The van der Waals surface area contributed by atoms with Gasteiger partial charge in [-0.3, -0.25) is 24.0 Å². The molecule has 0 aliphatic heterocycles. The highest BCUT2D eigenvalue weighted by molar-refractivity contribution is 7.89. The molecule has 0 bridgehead atoms. The zero-order valence-electron chi connectivity index (χ0n) is 65.1. The molecule has 5 heterocycles. The van der Waals surface area contributed by atoms with Crippen LogP contribution in [0.2, 0.25) is 0 Å². The van der Waals surface area contributed by atoms with Gasteiger partial charge in [-0.05, 0) is 123 Å². The second kappa shape index (κ2) is 35.9. The summed E-state index contributed by atoms with van der Waals surface area (Å²) in [6.07, 6.45) is -14.2. The van der Waals surface area contributed by atoms with Crippen LogP contribution in [0.4, 0.5) is 48.3 Å². The van der Waals surface area contributed by atoms with E-state index in [1.165, 1.54) is 89.1 Å². The number of carbonyl (C=O) groups excluding carboxylic acids is 5. The number of carbonyl (C=O) groups is 5. The number of alkyl halides is 9. The Hall–Kier alpha value is -11.5. The molecular weight excluding hydrogens is 1530 g/mol. The minimum absolute atomic E-state index is 0.00576. The molecule has 11 aromatic rings. The number of ether oxygens (including phenoxy) is 10. The number of methoxy groups -OCH3 is 10. The van der Waals surface area contributed by atoms with E-state index in [-0.39, 0.29) is 88.6 Å². The van der Waals surface area contributed by atoms with Gasteiger partial charge in [-0.1, -0.05) is 30.3 Å². The first kappa shape index (κ1) is 88.8. The smallest absolute Gasteiger partial charge is 0.420 e. The third-order valence-corrected chi connectivity index (χ3v) is 21.2. The molecule has 11 rings (SSSR count). The van der Waals surface area contributed by atoms with E-state index in [4.69, 9.17) is 28.4 Å². The number of rotatable bonds is 18. The van der Waals surface area contributed by atoms with Gasteiger partial charge in [0.2, 0.25) is 10.0 Å². The van der Waals surface area contributed by atoms with Crippen LogP contribution in [0.3, 0.4) is 0 Å². The molecule has 0 saturated heterocycles. The molecule has 0 amide bonds. The lowest BCUT2D eigenvalue weighted by molar-refractivity contribution is -0.140. The first-order valence-electron chi connectivity index (χ1n) is 33.9. The third-order valence-electron chi connectivity index (χ3n) is 19.4. The number of hydrogen-bond acceptors (Lipinski definition) is 17. The number of halogens is 11. The number of nitrogens with zero attached hydrogens (tertiary/aromatic N) is 5. The van der Waals surface area contributed by atoms with E-state index in [0.29, 0.717) is 55.4 Å². The highest BCUT2D eigenvalue weighted by Gasteiger charge is 2.41. The van der Waals surface area contributed by atoms with E-state index in [1.54, 1.807) is 91.7 Å². The maximum atomic E-state index is 14.4. The summed E-state index contributed by atoms with van der Waals surface area (Å²) in [5, 5.41) is 1.94. The lowest BCUT2D eigenvalue weighted by Gasteiger charge is -2.14. The van der Waals surface area contributed by atoms with Crippen molar-refractivity contribution < 1.29 is 128 Å². The van der Waals surface area contributed by atoms with Gasteiger partial charge in [-0.2, -0.15) is 39.5 Å². The maximum Gasteiger partial charge on any atom is 0.420 e. The van der Waals surface area contributed by atoms with Gasteiger partial charge in [0, 0.05) is 101 Å². The van der Waals surface area contributed by atoms with Gasteiger partial charge in [0.05, 0.1) is 137 Å². The monoisotopic (exact) mass is 1620 g/mol. The highest BCUT2D eigenvalue weighted by atomic mass is 32.2. The van der Waals surface area contributed by atoms with Gasteiger partial charge >= 0.3 is 48.4 Å². The van der Waals surface area contributed by atoms with E-state index in [2.05, 4.69) is 18.9 Å². The Kier molecular flexibility index (Phi) is 28.2. The molecule has 0 aliphatic carbocycles. The van der Waals surface area contributed by atoms with Crippen molar-refractivity contribution in [3.8, 4) is 28.7 Å². The van der Waals surface area contributed by atoms with Crippen molar-refractivity contribution >= 4 is 94.4 Å². The Bertz CT molecular complexity index is 5520. The zero-order valence-corrected chi connectivity index (χ0v) is 66.0. The molecule has 6 aromatic carbocycles. The predicted molar refractivity (Wildman–Crippen MR) is 398 cm³/mol. The van der Waals surface area contributed by atoms with Crippen LogP contribution in [0.5, 0.6) is 28.7 Å². The summed E-state index contributed by atoms with van der Waals surface area (Å²) < 4.78 is 231. The molecule has 0 fully saturated rings. The Balaban J connectivity index is 0.000000198. The van der Waals surface area contributed by atoms with Crippen LogP contribution in [-0.2, 0) is 142 Å². The Morgan fingerprint density at radius 1 is 0.363 bits per heavy atom. The standard InChI is InChI=1S/C21H20F3NO5S.2C15H16F3NO3.2C14H16FNO3/c1-13-15(10-20(26)30-3)16-9-19(29-2)17(21(22,23)24)11-18(16)25(13)31(27,28)12-14-7-5-4-6-8-14;1-8-9(6-14(20)22-4)10-5-13(21-3)11(15(16,17)18)7-12(10)19(8)2;1-8-9(7-12(20)22-4)13-10(19(8)2)5-6-11(21-3)14(13)15(16,17)18;1-8-9(6-14(17)19-4)10-5-13(18-3)11(15)7-12(10)16(8)2;1-8-9(7-12(17)19-4)13-10(16(8)2)5-6-11(18-3)14(13)15/h4-9,11H,10,12H2,1-3H3;5,7H,6H2,1-4H3;5-6H,7H2,1-4H3;5,7H,6H2,1-4H3;5-6H,7H2,1-4H3. The Morgan fingerprint density at radius 3 is 1.08 bits per heavy atom. The number of esters is 5. The van der Waals surface area contributed by atoms with Crippen LogP contribution in [0.1, 0.15) is 78.5 Å². The summed E-state index contributed by atoms with van der Waals surface area (Å²) in [7, 11) is 15.5. The second-order valence-corrected chi connectivity index (χ2v) is 27.3. The number of benzene rings is 6. The summed E-state index contributed by atoms with van der Waals surface area (Å²) in [6, 6.07) is 21.7. The first-order chi connectivity index (χ1) is 52.9. The summed E-state index contributed by atoms with van der Waals surface area (Å²) in [5.74, 6) is -4.35. The average Bonchev–Trinajstić information content (AvgIpc) is 1.62. The van der Waals surface area contributed by atoms with Crippen LogP contribution in [-0.4, -0.2) is 132 Å². The fourth-order valence-corrected chi connectivity index (χ4v) is 14.8. The van der Waals surface area contributed by atoms with E-state index < -0.39 is 92.3 Å². The summed E-state index contributed by atoms with van der Waals surface area (Å²) in [6.45, 7) is 8.61. The molecular formula is C79H84F11N5O17S. The number of aromatic nitrogens is 5. The molecule has 5 aromatic heterocycles. The Labute approximate surface area is 642 Å². The Morgan fingerprint density at radius 2 is 0.690 bits per heavy atom. The zero-order chi connectivity index (χ0) is 84.6. The van der Waals surface area contributed by atoms with E-state index in [9.17, 15) is 80.7 Å². The van der Waals surface area contributed by atoms with E-state index in [0.717, 1.165) is 62.7 Å². The third kappa shape index (κ3) is 18.9. The van der Waals surface area contributed by atoms with Gasteiger partial charge in [0.15, 0.2) is 23.1 Å². The molecule has 0 unspecified atom stereocenters. The van der Waals surface area contributed by atoms with Crippen molar-refractivity contribution in [1.82, 2.24) is 22.2 Å². The normalized spacial score (nSPS) is 11.6.